The third-order valence-electron chi connectivity index (χ3n) is 2.32. The van der Waals surface area contributed by atoms with E-state index in [2.05, 4.69) is 0 Å². The number of hydrogen-bond acceptors (Lipinski definition) is 1. The second kappa shape index (κ2) is 5.73. The Morgan fingerprint density at radius 1 is 0.875 bits per heavy atom. The standard InChI is InChI=1S/C14H13OS/c16-14(13-9-5-2-6-10-13)15-11-12-7-3-1-4-8-12/h1-10,14H,11H2. The van der Waals surface area contributed by atoms with Crippen LogP contribution in [0.4, 0.5) is 0 Å². The largest absolute Gasteiger partial charge is 0.357 e. The first kappa shape index (κ1) is 11.2. The summed E-state index contributed by atoms with van der Waals surface area (Å²) in [5, 5.41) is 0. The molecule has 0 aliphatic carbocycles. The fourth-order valence-corrected chi connectivity index (χ4v) is 1.68. The van der Waals surface area contributed by atoms with Crippen LogP contribution in [0.15, 0.2) is 60.7 Å². The summed E-state index contributed by atoms with van der Waals surface area (Å²) in [5.41, 5.74) is 1.91. The molecule has 0 bridgehead atoms. The zero-order valence-electron chi connectivity index (χ0n) is 8.87. The van der Waals surface area contributed by atoms with Gasteiger partial charge in [-0.1, -0.05) is 73.3 Å². The lowest BCUT2D eigenvalue weighted by atomic mass is 10.2. The molecule has 0 saturated carbocycles. The molecule has 0 spiro atoms. The van der Waals surface area contributed by atoms with E-state index in [1.54, 1.807) is 0 Å². The monoisotopic (exact) mass is 229 g/mol. The van der Waals surface area contributed by atoms with Crippen molar-refractivity contribution in [3.05, 3.63) is 71.8 Å². The van der Waals surface area contributed by atoms with Gasteiger partial charge in [0.1, 0.15) is 5.44 Å². The number of benzene rings is 2. The van der Waals surface area contributed by atoms with Gasteiger partial charge in [0.05, 0.1) is 6.61 Å². The van der Waals surface area contributed by atoms with Crippen LogP contribution < -0.4 is 0 Å². The molecule has 0 aliphatic heterocycles. The van der Waals surface area contributed by atoms with Crippen molar-refractivity contribution in [2.45, 2.75) is 12.0 Å². The topological polar surface area (TPSA) is 9.23 Å². The molecule has 1 unspecified atom stereocenters. The third-order valence-corrected chi connectivity index (χ3v) is 2.72. The average Bonchev–Trinajstić information content (AvgIpc) is 2.38. The van der Waals surface area contributed by atoms with Crippen LogP contribution >= 0.6 is 12.6 Å². The molecule has 1 radical (unpaired) electrons. The van der Waals surface area contributed by atoms with Crippen LogP contribution in [0.3, 0.4) is 0 Å². The smallest absolute Gasteiger partial charge is 0.138 e. The summed E-state index contributed by atoms with van der Waals surface area (Å²) in [6, 6.07) is 20.0. The summed E-state index contributed by atoms with van der Waals surface area (Å²) in [6.45, 7) is 0.559. The van der Waals surface area contributed by atoms with Crippen molar-refractivity contribution in [1.82, 2.24) is 0 Å². The molecule has 81 valence electrons. The van der Waals surface area contributed by atoms with E-state index in [9.17, 15) is 0 Å². The Labute approximate surface area is 101 Å². The van der Waals surface area contributed by atoms with Crippen LogP contribution in [0.5, 0.6) is 0 Å². The molecule has 0 heterocycles. The lowest BCUT2D eigenvalue weighted by Gasteiger charge is -2.11. The van der Waals surface area contributed by atoms with Gasteiger partial charge < -0.3 is 4.74 Å². The molecule has 0 N–H and O–H groups in total. The van der Waals surface area contributed by atoms with Crippen molar-refractivity contribution in [2.24, 2.45) is 0 Å². The molecule has 2 aromatic carbocycles. The van der Waals surface area contributed by atoms with Crippen molar-refractivity contribution in [3.63, 3.8) is 0 Å². The van der Waals surface area contributed by atoms with Crippen LogP contribution in [0.1, 0.15) is 16.6 Å². The van der Waals surface area contributed by atoms with Crippen molar-refractivity contribution >= 4 is 12.6 Å². The average molecular weight is 229 g/mol. The predicted molar refractivity (Wildman–Crippen MR) is 68.0 cm³/mol. The molecule has 0 amide bonds. The highest BCUT2D eigenvalue weighted by Crippen LogP contribution is 2.22. The highest BCUT2D eigenvalue weighted by molar-refractivity contribution is 7.80. The summed E-state index contributed by atoms with van der Waals surface area (Å²) in [5.74, 6) is 0. The lowest BCUT2D eigenvalue weighted by Crippen LogP contribution is -1.97. The second-order valence-corrected chi connectivity index (χ2v) is 3.97. The van der Waals surface area contributed by atoms with Gasteiger partial charge in [0.25, 0.3) is 0 Å². The first-order valence-electron chi connectivity index (χ1n) is 5.22. The summed E-state index contributed by atoms with van der Waals surface area (Å²) in [4.78, 5) is 0. The Morgan fingerprint density at radius 3 is 2.06 bits per heavy atom. The van der Waals surface area contributed by atoms with Crippen molar-refractivity contribution < 1.29 is 4.74 Å². The van der Waals surface area contributed by atoms with Crippen molar-refractivity contribution in [1.29, 1.82) is 0 Å². The maximum atomic E-state index is 5.63. The Morgan fingerprint density at radius 2 is 1.44 bits per heavy atom. The molecule has 2 heteroatoms. The van der Waals surface area contributed by atoms with Gasteiger partial charge in [0, 0.05) is 0 Å². The highest BCUT2D eigenvalue weighted by Gasteiger charge is 2.06. The number of rotatable bonds is 4. The molecule has 1 atom stereocenters. The first-order valence-corrected chi connectivity index (χ1v) is 5.70. The van der Waals surface area contributed by atoms with E-state index in [1.807, 2.05) is 60.7 Å². The van der Waals surface area contributed by atoms with E-state index in [-0.39, 0.29) is 5.44 Å². The summed E-state index contributed by atoms with van der Waals surface area (Å²) in [6.07, 6.45) is 0. The Bertz CT molecular complexity index is 413. The van der Waals surface area contributed by atoms with E-state index in [1.165, 1.54) is 0 Å². The van der Waals surface area contributed by atoms with Crippen LogP contribution in [-0.2, 0) is 11.3 Å². The Kier molecular flexibility index (Phi) is 4.03. The van der Waals surface area contributed by atoms with Crippen LogP contribution in [-0.4, -0.2) is 0 Å². The maximum Gasteiger partial charge on any atom is 0.138 e. The Balaban J connectivity index is 1.92. The molecule has 1 nitrogen and oxygen atoms in total. The molecule has 2 aromatic rings. The zero-order chi connectivity index (χ0) is 11.2. The van der Waals surface area contributed by atoms with Gasteiger partial charge in [0.15, 0.2) is 0 Å². The first-order chi connectivity index (χ1) is 7.86. The third kappa shape index (κ3) is 3.12. The van der Waals surface area contributed by atoms with Gasteiger partial charge in [-0.2, -0.15) is 0 Å². The van der Waals surface area contributed by atoms with E-state index in [0.29, 0.717) is 6.61 Å². The summed E-state index contributed by atoms with van der Waals surface area (Å²) < 4.78 is 5.63. The molecule has 2 rings (SSSR count). The molecule has 16 heavy (non-hydrogen) atoms. The fraction of sp³-hybridized carbons (Fsp3) is 0.143. The SMILES string of the molecule is [S]C(OCc1ccccc1)c1ccccc1. The molecule has 0 saturated heterocycles. The zero-order valence-corrected chi connectivity index (χ0v) is 9.69. The van der Waals surface area contributed by atoms with E-state index >= 15 is 0 Å². The summed E-state index contributed by atoms with van der Waals surface area (Å²) >= 11 is 5.28. The van der Waals surface area contributed by atoms with Gasteiger partial charge in [-0.15, -0.1) is 0 Å². The van der Waals surface area contributed by atoms with Crippen LogP contribution in [0.25, 0.3) is 0 Å². The minimum atomic E-state index is -0.276. The van der Waals surface area contributed by atoms with Crippen LogP contribution in [0, 0.1) is 0 Å². The minimum absolute atomic E-state index is 0.276. The van der Waals surface area contributed by atoms with Gasteiger partial charge in [-0.25, -0.2) is 0 Å². The maximum absolute atomic E-state index is 5.63. The van der Waals surface area contributed by atoms with Gasteiger partial charge in [-0.05, 0) is 11.1 Å². The Hall–Kier alpha value is -1.25. The van der Waals surface area contributed by atoms with E-state index in [0.717, 1.165) is 11.1 Å². The van der Waals surface area contributed by atoms with Gasteiger partial charge in [0.2, 0.25) is 0 Å². The number of ether oxygens (including phenoxy) is 1. The van der Waals surface area contributed by atoms with Gasteiger partial charge >= 0.3 is 0 Å². The molecule has 0 aliphatic rings. The normalized spacial score (nSPS) is 12.3. The quantitative estimate of drug-likeness (QED) is 0.767. The van der Waals surface area contributed by atoms with E-state index < -0.39 is 0 Å². The second-order valence-electron chi connectivity index (χ2n) is 3.54. The molecular weight excluding hydrogens is 216 g/mol. The van der Waals surface area contributed by atoms with Crippen molar-refractivity contribution in [3.8, 4) is 0 Å². The van der Waals surface area contributed by atoms with Crippen LogP contribution in [0.2, 0.25) is 0 Å². The van der Waals surface area contributed by atoms with Crippen molar-refractivity contribution in [2.75, 3.05) is 0 Å². The predicted octanol–water partition coefficient (Wildman–Crippen LogP) is 4.10. The van der Waals surface area contributed by atoms with Gasteiger partial charge in [-0.3, -0.25) is 0 Å². The summed E-state index contributed by atoms with van der Waals surface area (Å²) in [7, 11) is 0. The number of hydrogen-bond donors (Lipinski definition) is 0. The fourth-order valence-electron chi connectivity index (χ4n) is 1.45. The van der Waals surface area contributed by atoms with E-state index in [4.69, 9.17) is 17.4 Å². The molecular formula is C14H13OS. The molecule has 0 fully saturated rings. The highest BCUT2D eigenvalue weighted by atomic mass is 32.1. The molecule has 0 aromatic heterocycles. The minimum Gasteiger partial charge on any atom is -0.357 e. The lowest BCUT2D eigenvalue weighted by molar-refractivity contribution is 0.101.